The second-order valence-corrected chi connectivity index (χ2v) is 9.78. The Bertz CT molecular complexity index is 1130. The Labute approximate surface area is 226 Å². The molecule has 2 atom stereocenters. The number of benzene rings is 3. The molecule has 0 aromatic heterocycles. The van der Waals surface area contributed by atoms with E-state index in [2.05, 4.69) is 66.4 Å². The van der Waals surface area contributed by atoms with E-state index in [-0.39, 0.29) is 12.6 Å². The first kappa shape index (κ1) is 28.1. The molecule has 6 nitrogen and oxygen atoms in total. The molecule has 204 valence electrons. The van der Waals surface area contributed by atoms with Gasteiger partial charge in [-0.05, 0) is 61.3 Å². The van der Waals surface area contributed by atoms with Crippen LogP contribution in [0.4, 0.5) is 5.69 Å². The number of ether oxygens (including phenoxy) is 4. The number of carbonyl (C=O) groups excluding carboxylic acids is 1. The molecule has 38 heavy (non-hydrogen) atoms. The van der Waals surface area contributed by atoms with Crippen molar-refractivity contribution >= 4 is 22.4 Å². The Morgan fingerprint density at radius 2 is 1.55 bits per heavy atom. The highest BCUT2D eigenvalue weighted by molar-refractivity contribution is 5.94. The summed E-state index contributed by atoms with van der Waals surface area (Å²) in [7, 11) is 1.64. The fourth-order valence-electron chi connectivity index (χ4n) is 5.47. The van der Waals surface area contributed by atoms with Gasteiger partial charge in [-0.2, -0.15) is 0 Å². The first-order valence-electron chi connectivity index (χ1n) is 13.9. The van der Waals surface area contributed by atoms with Crippen molar-refractivity contribution in [1.82, 2.24) is 0 Å². The summed E-state index contributed by atoms with van der Waals surface area (Å²) in [4.78, 5) is 15.1. The molecule has 0 bridgehead atoms. The van der Waals surface area contributed by atoms with Crippen molar-refractivity contribution in [1.29, 1.82) is 0 Å². The van der Waals surface area contributed by atoms with Crippen LogP contribution in [0.3, 0.4) is 0 Å². The van der Waals surface area contributed by atoms with Gasteiger partial charge in [0.1, 0.15) is 6.61 Å². The van der Waals surface area contributed by atoms with Gasteiger partial charge >= 0.3 is 5.97 Å². The maximum Gasteiger partial charge on any atom is 0.338 e. The molecule has 0 aliphatic heterocycles. The molecular weight excluding hydrogens is 478 g/mol. The van der Waals surface area contributed by atoms with Crippen molar-refractivity contribution in [2.45, 2.75) is 44.6 Å². The molecule has 6 heteroatoms. The van der Waals surface area contributed by atoms with E-state index < -0.39 is 0 Å². The second-order valence-electron chi connectivity index (χ2n) is 9.78. The molecule has 3 aromatic rings. The van der Waals surface area contributed by atoms with Crippen LogP contribution in [0, 0.1) is 0 Å². The monoisotopic (exact) mass is 519 g/mol. The van der Waals surface area contributed by atoms with E-state index in [1.165, 1.54) is 41.3 Å². The predicted molar refractivity (Wildman–Crippen MR) is 152 cm³/mol. The molecule has 2 unspecified atom stereocenters. The molecule has 1 aliphatic carbocycles. The molecule has 4 rings (SSSR count). The zero-order chi connectivity index (χ0) is 26.6. The molecule has 1 aliphatic rings. The Kier molecular flexibility index (Phi) is 11.0. The molecule has 1 fully saturated rings. The minimum Gasteiger partial charge on any atom is -0.460 e. The molecule has 0 radical (unpaired) electrons. The quantitative estimate of drug-likeness (QED) is 0.186. The van der Waals surface area contributed by atoms with Gasteiger partial charge in [-0.3, -0.25) is 0 Å². The smallest absolute Gasteiger partial charge is 0.338 e. The van der Waals surface area contributed by atoms with Crippen molar-refractivity contribution in [3.63, 3.8) is 0 Å². The zero-order valence-electron chi connectivity index (χ0n) is 22.8. The van der Waals surface area contributed by atoms with Crippen LogP contribution in [-0.4, -0.2) is 65.3 Å². The third-order valence-electron chi connectivity index (χ3n) is 7.39. The van der Waals surface area contributed by atoms with Crippen LogP contribution in [-0.2, 0) is 18.9 Å². The SMILES string of the molecule is CCN(c1cccc2ccccc12)C1CCCC(c2ccc(C(=O)OCCOCCOCCOC)cc2)C1. The van der Waals surface area contributed by atoms with Gasteiger partial charge < -0.3 is 23.8 Å². The van der Waals surface area contributed by atoms with Crippen molar-refractivity contribution in [3.8, 4) is 0 Å². The van der Waals surface area contributed by atoms with Gasteiger partial charge in [0.2, 0.25) is 0 Å². The van der Waals surface area contributed by atoms with Gasteiger partial charge in [0, 0.05) is 30.8 Å². The standard InChI is InChI=1S/C32H41NO5/c1-3-33(31-13-7-9-26-8-4-5-12-30(26)31)29-11-6-10-28(24-29)25-14-16-27(17-15-25)32(34)38-23-22-37-21-20-36-19-18-35-2/h4-5,7-9,12-17,28-29H,3,6,10-11,18-24H2,1-2H3. The first-order chi connectivity index (χ1) is 18.7. The topological polar surface area (TPSA) is 57.2 Å². The van der Waals surface area contributed by atoms with Crippen LogP contribution in [0.2, 0.25) is 0 Å². The maximum atomic E-state index is 12.5. The molecule has 3 aromatic carbocycles. The number of nitrogens with zero attached hydrogens (tertiary/aromatic N) is 1. The summed E-state index contributed by atoms with van der Waals surface area (Å²) < 4.78 is 21.1. The van der Waals surface area contributed by atoms with Gasteiger partial charge in [-0.1, -0.05) is 55.0 Å². The lowest BCUT2D eigenvalue weighted by Gasteiger charge is -2.39. The number of carbonyl (C=O) groups is 1. The molecule has 0 heterocycles. The van der Waals surface area contributed by atoms with Crippen LogP contribution >= 0.6 is 0 Å². The minimum atomic E-state index is -0.314. The number of hydrogen-bond acceptors (Lipinski definition) is 6. The van der Waals surface area contributed by atoms with E-state index in [4.69, 9.17) is 18.9 Å². The van der Waals surface area contributed by atoms with Crippen LogP contribution in [0.1, 0.15) is 54.4 Å². The highest BCUT2D eigenvalue weighted by Crippen LogP contribution is 2.38. The largest absolute Gasteiger partial charge is 0.460 e. The van der Waals surface area contributed by atoms with Gasteiger partial charge in [0.15, 0.2) is 0 Å². The van der Waals surface area contributed by atoms with Crippen LogP contribution in [0.25, 0.3) is 10.8 Å². The van der Waals surface area contributed by atoms with E-state index in [9.17, 15) is 4.79 Å². The Morgan fingerprint density at radius 1 is 0.842 bits per heavy atom. The van der Waals surface area contributed by atoms with E-state index in [1.807, 2.05) is 12.1 Å². The molecular formula is C32H41NO5. The van der Waals surface area contributed by atoms with Crippen LogP contribution < -0.4 is 4.90 Å². The third-order valence-corrected chi connectivity index (χ3v) is 7.39. The number of rotatable bonds is 14. The maximum absolute atomic E-state index is 12.5. The Hall–Kier alpha value is -2.93. The summed E-state index contributed by atoms with van der Waals surface area (Å²) >= 11 is 0. The summed E-state index contributed by atoms with van der Waals surface area (Å²) in [5.41, 5.74) is 3.21. The van der Waals surface area contributed by atoms with Crippen LogP contribution in [0.15, 0.2) is 66.7 Å². The fraction of sp³-hybridized carbons (Fsp3) is 0.469. The van der Waals surface area contributed by atoms with Crippen molar-refractivity contribution in [2.24, 2.45) is 0 Å². The summed E-state index contributed by atoms with van der Waals surface area (Å²) in [6.07, 6.45) is 4.71. The van der Waals surface area contributed by atoms with E-state index in [0.717, 1.165) is 13.0 Å². The second kappa shape index (κ2) is 14.9. The summed E-state index contributed by atoms with van der Waals surface area (Å²) in [5.74, 6) is 0.175. The number of methoxy groups -OCH3 is 1. The lowest BCUT2D eigenvalue weighted by Crippen LogP contribution is -2.38. The van der Waals surface area contributed by atoms with Gasteiger partial charge in [-0.15, -0.1) is 0 Å². The van der Waals surface area contributed by atoms with Gasteiger partial charge in [0.25, 0.3) is 0 Å². The van der Waals surface area contributed by atoms with E-state index in [0.29, 0.717) is 50.6 Å². The lowest BCUT2D eigenvalue weighted by atomic mass is 9.80. The normalized spacial score (nSPS) is 17.4. The van der Waals surface area contributed by atoms with Gasteiger partial charge in [0.05, 0.1) is 38.6 Å². The summed E-state index contributed by atoms with van der Waals surface area (Å²) in [6, 6.07) is 23.8. The number of hydrogen-bond donors (Lipinski definition) is 0. The third kappa shape index (κ3) is 7.56. The molecule has 0 amide bonds. The highest BCUT2D eigenvalue weighted by atomic mass is 16.6. The molecule has 1 saturated carbocycles. The fourth-order valence-corrected chi connectivity index (χ4v) is 5.47. The predicted octanol–water partition coefficient (Wildman–Crippen LogP) is 6.23. The Balaban J connectivity index is 1.28. The van der Waals surface area contributed by atoms with Crippen molar-refractivity contribution < 1.29 is 23.7 Å². The Morgan fingerprint density at radius 3 is 2.32 bits per heavy atom. The molecule has 0 spiro atoms. The molecule has 0 N–H and O–H groups in total. The minimum absolute atomic E-state index is 0.226. The lowest BCUT2D eigenvalue weighted by molar-refractivity contribution is 0.00570. The number of anilines is 1. The zero-order valence-corrected chi connectivity index (χ0v) is 22.8. The van der Waals surface area contributed by atoms with Crippen molar-refractivity contribution in [3.05, 3.63) is 77.9 Å². The highest BCUT2D eigenvalue weighted by Gasteiger charge is 2.28. The van der Waals surface area contributed by atoms with Crippen molar-refractivity contribution in [2.75, 3.05) is 58.2 Å². The number of fused-ring (bicyclic) bond motifs is 1. The average molecular weight is 520 g/mol. The van der Waals surface area contributed by atoms with Crippen LogP contribution in [0.5, 0.6) is 0 Å². The van der Waals surface area contributed by atoms with Gasteiger partial charge in [-0.25, -0.2) is 4.79 Å². The molecule has 0 saturated heterocycles. The summed E-state index contributed by atoms with van der Waals surface area (Å²) in [6.45, 7) is 5.91. The van der Waals surface area contributed by atoms with E-state index in [1.54, 1.807) is 7.11 Å². The first-order valence-corrected chi connectivity index (χ1v) is 13.9. The number of esters is 1. The summed E-state index contributed by atoms with van der Waals surface area (Å²) in [5, 5.41) is 2.61. The average Bonchev–Trinajstić information content (AvgIpc) is 2.97. The van der Waals surface area contributed by atoms with E-state index >= 15 is 0 Å².